The highest BCUT2D eigenvalue weighted by atomic mass is 35.5. The number of thioether (sulfide) groups is 1. The van der Waals surface area contributed by atoms with Crippen molar-refractivity contribution in [1.29, 1.82) is 0 Å². The molecule has 162 valence electrons. The van der Waals surface area contributed by atoms with E-state index in [-0.39, 0.29) is 11.8 Å². The fourth-order valence-corrected chi connectivity index (χ4v) is 4.46. The molecule has 30 heavy (non-hydrogen) atoms. The van der Waals surface area contributed by atoms with Crippen LogP contribution in [-0.2, 0) is 21.9 Å². The Morgan fingerprint density at radius 3 is 2.23 bits per heavy atom. The first-order chi connectivity index (χ1) is 14.3. The van der Waals surface area contributed by atoms with Gasteiger partial charge in [0.25, 0.3) is 0 Å². The molecule has 0 radical (unpaired) electrons. The Balaban J connectivity index is 2.11. The summed E-state index contributed by atoms with van der Waals surface area (Å²) in [7, 11) is 0. The Morgan fingerprint density at radius 1 is 1.03 bits per heavy atom. The van der Waals surface area contributed by atoms with Gasteiger partial charge in [0.1, 0.15) is 6.04 Å². The first kappa shape index (κ1) is 24.3. The number of hydrogen-bond acceptors (Lipinski definition) is 3. The molecular formula is C24H31ClN2O2S. The second-order valence-electron chi connectivity index (χ2n) is 7.46. The number of carbonyl (C=O) groups excluding carboxylic acids is 2. The highest BCUT2D eigenvalue weighted by Gasteiger charge is 2.28. The van der Waals surface area contributed by atoms with Crippen LogP contribution in [0.2, 0.25) is 5.02 Å². The lowest BCUT2D eigenvalue weighted by Crippen LogP contribution is -2.49. The van der Waals surface area contributed by atoms with Crippen molar-refractivity contribution in [3.8, 4) is 0 Å². The number of rotatable bonds is 10. The fraction of sp³-hybridized carbons (Fsp3) is 0.417. The zero-order valence-corrected chi connectivity index (χ0v) is 19.8. The minimum Gasteiger partial charge on any atom is -0.355 e. The van der Waals surface area contributed by atoms with Gasteiger partial charge in [-0.3, -0.25) is 9.59 Å². The van der Waals surface area contributed by atoms with Crippen LogP contribution < -0.4 is 5.32 Å². The number of carbonyl (C=O) groups is 2. The van der Waals surface area contributed by atoms with Crippen LogP contribution in [0, 0.1) is 13.8 Å². The number of nitrogens with zero attached hydrogens (tertiary/aromatic N) is 1. The minimum atomic E-state index is -0.491. The molecule has 6 heteroatoms. The van der Waals surface area contributed by atoms with Crippen molar-refractivity contribution in [1.82, 2.24) is 10.2 Å². The molecule has 2 aromatic rings. The van der Waals surface area contributed by atoms with Crippen molar-refractivity contribution in [3.05, 3.63) is 69.7 Å². The van der Waals surface area contributed by atoms with Crippen LogP contribution >= 0.6 is 23.4 Å². The summed E-state index contributed by atoms with van der Waals surface area (Å²) in [6.45, 7) is 8.91. The Kier molecular flexibility index (Phi) is 9.73. The molecule has 4 nitrogen and oxygen atoms in total. The van der Waals surface area contributed by atoms with Gasteiger partial charge in [-0.15, -0.1) is 11.8 Å². The van der Waals surface area contributed by atoms with Gasteiger partial charge in [0, 0.05) is 23.9 Å². The Labute approximate surface area is 189 Å². The van der Waals surface area contributed by atoms with Crippen LogP contribution in [0.1, 0.15) is 42.5 Å². The van der Waals surface area contributed by atoms with E-state index in [9.17, 15) is 9.59 Å². The van der Waals surface area contributed by atoms with E-state index in [2.05, 4.69) is 37.4 Å². The summed E-state index contributed by atoms with van der Waals surface area (Å²) < 4.78 is 0. The van der Waals surface area contributed by atoms with E-state index in [1.807, 2.05) is 26.0 Å². The van der Waals surface area contributed by atoms with Gasteiger partial charge in [0.2, 0.25) is 11.8 Å². The number of likely N-dealkylation sites (N-methyl/N-ethyl adjacent to an activating group) is 1. The average molecular weight is 447 g/mol. The van der Waals surface area contributed by atoms with Crippen LogP contribution in [-0.4, -0.2) is 35.1 Å². The second kappa shape index (κ2) is 12.0. The zero-order chi connectivity index (χ0) is 22.1. The van der Waals surface area contributed by atoms with Gasteiger partial charge in [-0.2, -0.15) is 0 Å². The summed E-state index contributed by atoms with van der Waals surface area (Å²) in [6.07, 6.45) is 0.562. The molecule has 0 aliphatic carbocycles. The quantitative estimate of drug-likeness (QED) is 0.550. The molecule has 0 heterocycles. The topological polar surface area (TPSA) is 49.4 Å². The smallest absolute Gasteiger partial charge is 0.242 e. The number of halogens is 1. The monoisotopic (exact) mass is 446 g/mol. The van der Waals surface area contributed by atoms with Crippen molar-refractivity contribution in [2.24, 2.45) is 0 Å². The second-order valence-corrected chi connectivity index (χ2v) is 8.88. The first-order valence-electron chi connectivity index (χ1n) is 10.3. The van der Waals surface area contributed by atoms with Gasteiger partial charge in [0.15, 0.2) is 0 Å². The highest BCUT2D eigenvalue weighted by Crippen LogP contribution is 2.19. The summed E-state index contributed by atoms with van der Waals surface area (Å²) in [4.78, 5) is 27.4. The van der Waals surface area contributed by atoms with Gasteiger partial charge in [-0.25, -0.2) is 0 Å². The number of nitrogens with one attached hydrogen (secondary N) is 1. The molecule has 2 rings (SSSR count). The van der Waals surface area contributed by atoms with Crippen molar-refractivity contribution < 1.29 is 9.59 Å². The molecule has 0 bridgehead atoms. The van der Waals surface area contributed by atoms with E-state index in [0.29, 0.717) is 30.3 Å². The van der Waals surface area contributed by atoms with Crippen LogP contribution in [0.4, 0.5) is 0 Å². The van der Waals surface area contributed by atoms with Crippen molar-refractivity contribution in [2.45, 2.75) is 52.5 Å². The van der Waals surface area contributed by atoms with Gasteiger partial charge in [-0.05, 0) is 50.5 Å². The molecule has 0 unspecified atom stereocenters. The fourth-order valence-electron chi connectivity index (χ4n) is 3.49. The molecule has 2 aromatic carbocycles. The molecule has 1 atom stereocenters. The normalized spacial score (nSPS) is 11.8. The van der Waals surface area contributed by atoms with Crippen molar-refractivity contribution in [3.63, 3.8) is 0 Å². The van der Waals surface area contributed by atoms with Gasteiger partial charge < -0.3 is 10.2 Å². The molecule has 1 N–H and O–H groups in total. The SMILES string of the molecule is CCNC(=O)[C@H](CC)N(Cc1ccc(Cl)cc1)C(=O)CSCc1cc(C)cc(C)c1. The molecular weight excluding hydrogens is 416 g/mol. The van der Waals surface area contributed by atoms with Gasteiger partial charge >= 0.3 is 0 Å². The lowest BCUT2D eigenvalue weighted by Gasteiger charge is -2.30. The molecule has 0 aliphatic heterocycles. The molecule has 0 saturated heterocycles. The standard InChI is InChI=1S/C24H31ClN2O2S/c1-5-22(24(29)26-6-2)27(14-19-7-9-21(25)10-8-19)23(28)16-30-15-20-12-17(3)11-18(4)13-20/h7-13,22H,5-6,14-16H2,1-4H3,(H,26,29)/t22-/m0/s1. The number of hydrogen-bond donors (Lipinski definition) is 1. The average Bonchev–Trinajstić information content (AvgIpc) is 2.68. The lowest BCUT2D eigenvalue weighted by atomic mass is 10.1. The molecule has 0 aliphatic rings. The van der Waals surface area contributed by atoms with Gasteiger partial charge in [-0.1, -0.05) is 60.0 Å². The third-order valence-electron chi connectivity index (χ3n) is 4.78. The summed E-state index contributed by atoms with van der Waals surface area (Å²) in [6, 6.07) is 13.4. The van der Waals surface area contributed by atoms with E-state index in [1.165, 1.54) is 16.7 Å². The van der Waals surface area contributed by atoms with Crippen LogP contribution in [0.25, 0.3) is 0 Å². The molecule has 0 fully saturated rings. The summed E-state index contributed by atoms with van der Waals surface area (Å²) >= 11 is 7.58. The maximum atomic E-state index is 13.1. The molecule has 2 amide bonds. The van der Waals surface area contributed by atoms with E-state index >= 15 is 0 Å². The van der Waals surface area contributed by atoms with E-state index in [1.54, 1.807) is 28.8 Å². The Hall–Kier alpha value is -1.98. The minimum absolute atomic E-state index is 0.0302. The number of amides is 2. The third-order valence-corrected chi connectivity index (χ3v) is 6.02. The molecule has 0 aromatic heterocycles. The zero-order valence-electron chi connectivity index (χ0n) is 18.2. The Bertz CT molecular complexity index is 835. The van der Waals surface area contributed by atoms with Crippen LogP contribution in [0.15, 0.2) is 42.5 Å². The number of aryl methyl sites for hydroxylation is 2. The lowest BCUT2D eigenvalue weighted by molar-refractivity contribution is -0.139. The first-order valence-corrected chi connectivity index (χ1v) is 11.8. The number of benzene rings is 2. The van der Waals surface area contributed by atoms with Crippen LogP contribution in [0.5, 0.6) is 0 Å². The van der Waals surface area contributed by atoms with E-state index in [0.717, 1.165) is 11.3 Å². The Morgan fingerprint density at radius 2 is 1.67 bits per heavy atom. The predicted octanol–water partition coefficient (Wildman–Crippen LogP) is 5.13. The summed E-state index contributed by atoms with van der Waals surface area (Å²) in [5.74, 6) is 0.955. The predicted molar refractivity (Wildman–Crippen MR) is 127 cm³/mol. The largest absolute Gasteiger partial charge is 0.355 e. The van der Waals surface area contributed by atoms with Crippen molar-refractivity contribution >= 4 is 35.2 Å². The van der Waals surface area contributed by atoms with Crippen molar-refractivity contribution in [2.75, 3.05) is 12.3 Å². The molecule has 0 saturated carbocycles. The summed E-state index contributed by atoms with van der Waals surface area (Å²) in [5.41, 5.74) is 4.62. The molecule has 0 spiro atoms. The van der Waals surface area contributed by atoms with Gasteiger partial charge in [0.05, 0.1) is 5.75 Å². The maximum absolute atomic E-state index is 13.1. The highest BCUT2D eigenvalue weighted by molar-refractivity contribution is 7.99. The summed E-state index contributed by atoms with van der Waals surface area (Å²) in [5, 5.41) is 3.51. The van der Waals surface area contributed by atoms with E-state index < -0.39 is 6.04 Å². The van der Waals surface area contributed by atoms with Crippen LogP contribution in [0.3, 0.4) is 0 Å². The third kappa shape index (κ3) is 7.37. The van der Waals surface area contributed by atoms with E-state index in [4.69, 9.17) is 11.6 Å². The maximum Gasteiger partial charge on any atom is 0.242 e.